The maximum absolute atomic E-state index is 14.3. The molecule has 0 saturated carbocycles. The number of pyridine rings is 1. The average molecular weight is 721 g/mol. The molecule has 9 nitrogen and oxygen atoms in total. The zero-order chi connectivity index (χ0) is 37.4. The van der Waals surface area contributed by atoms with Gasteiger partial charge in [0.25, 0.3) is 5.91 Å². The van der Waals surface area contributed by atoms with E-state index in [9.17, 15) is 14.4 Å². The van der Waals surface area contributed by atoms with Crippen molar-refractivity contribution in [3.63, 3.8) is 0 Å². The van der Waals surface area contributed by atoms with Crippen molar-refractivity contribution in [2.45, 2.75) is 83.8 Å². The fourth-order valence-electron chi connectivity index (χ4n) is 6.76. The van der Waals surface area contributed by atoms with Gasteiger partial charge in [0, 0.05) is 50.0 Å². The Bertz CT molecular complexity index is 1770. The molecule has 1 amide bonds. The summed E-state index contributed by atoms with van der Waals surface area (Å²) in [6.45, 7) is 7.61. The number of Topliss-reactive ketones (excluding diaryl/α,β-unsaturated/α-hetero) is 1. The lowest BCUT2D eigenvalue weighted by Crippen LogP contribution is -2.44. The van der Waals surface area contributed by atoms with Crippen LogP contribution in [0.4, 0.5) is 0 Å². The van der Waals surface area contributed by atoms with E-state index in [2.05, 4.69) is 41.2 Å². The smallest absolute Gasteiger partial charge is 0.306 e. The minimum absolute atomic E-state index is 0.0285. The molecule has 1 saturated heterocycles. The molecule has 0 spiro atoms. The summed E-state index contributed by atoms with van der Waals surface area (Å²) in [5.74, 6) is 0.207. The van der Waals surface area contributed by atoms with Crippen LogP contribution in [0, 0.1) is 0 Å². The van der Waals surface area contributed by atoms with Gasteiger partial charge in [-0.05, 0) is 106 Å². The number of nitrogens with one attached hydrogen (secondary N) is 1. The molecule has 2 heterocycles. The molecule has 1 N–H and O–H groups in total. The predicted octanol–water partition coefficient (Wildman–Crippen LogP) is 7.64. The quantitative estimate of drug-likeness (QED) is 0.0735. The molecule has 9 heteroatoms. The summed E-state index contributed by atoms with van der Waals surface area (Å²) in [6, 6.07) is 24.6. The first-order chi connectivity index (χ1) is 25.8. The van der Waals surface area contributed by atoms with Crippen LogP contribution >= 0.6 is 0 Å². The number of likely N-dealkylation sites (N-methyl/N-ethyl adjacent to an activating group) is 1. The Hall–Kier alpha value is -4.60. The lowest BCUT2D eigenvalue weighted by molar-refractivity contribution is -0.145. The lowest BCUT2D eigenvalue weighted by atomic mass is 9.97. The molecule has 3 aromatic carbocycles. The van der Waals surface area contributed by atoms with Crippen LogP contribution in [0.3, 0.4) is 0 Å². The standard InChI is InChI=1S/C44H56N4O5/c1-4-5-13-33-19-24-39-37(30-33)38(31-41(45-39)35-20-22-36(52-3)23-21-35)44(51)46-40(42(49)17-11-12-25-48-28-26-47(2)27-29-48)16-9-10-18-43(50)53-32-34-14-7-6-8-15-34/h6-8,14-15,19-24,30-31,40H,4-5,9-13,16-18,25-29,32H2,1-3H3,(H,46,51). The first kappa shape index (κ1) is 39.6. The minimum Gasteiger partial charge on any atom is -0.497 e. The number of ether oxygens (including phenoxy) is 2. The molecule has 1 unspecified atom stereocenters. The number of benzene rings is 3. The van der Waals surface area contributed by atoms with E-state index in [1.807, 2.05) is 66.7 Å². The van der Waals surface area contributed by atoms with E-state index < -0.39 is 6.04 Å². The summed E-state index contributed by atoms with van der Waals surface area (Å²) in [7, 11) is 3.78. The number of carbonyl (C=O) groups excluding carboxylic acids is 3. The van der Waals surface area contributed by atoms with E-state index in [1.165, 1.54) is 0 Å². The van der Waals surface area contributed by atoms with E-state index in [-0.39, 0.29) is 30.7 Å². The molecule has 1 aromatic heterocycles. The zero-order valence-electron chi connectivity index (χ0n) is 31.8. The lowest BCUT2D eigenvalue weighted by Gasteiger charge is -2.32. The SMILES string of the molecule is CCCCc1ccc2nc(-c3ccc(OC)cc3)cc(C(=O)NC(CCCCC(=O)OCc3ccccc3)C(=O)CCCCN3CCN(C)CC3)c2c1. The molecule has 0 bridgehead atoms. The van der Waals surface area contributed by atoms with Crippen LogP contribution in [0.5, 0.6) is 5.75 Å². The van der Waals surface area contributed by atoms with Crippen molar-refractivity contribution >= 4 is 28.6 Å². The molecule has 282 valence electrons. The first-order valence-electron chi connectivity index (χ1n) is 19.3. The highest BCUT2D eigenvalue weighted by molar-refractivity contribution is 6.08. The maximum atomic E-state index is 14.3. The molecule has 1 fully saturated rings. The van der Waals surface area contributed by atoms with Gasteiger partial charge in [0.15, 0.2) is 5.78 Å². The van der Waals surface area contributed by atoms with E-state index in [0.717, 1.165) is 98.2 Å². The van der Waals surface area contributed by atoms with Crippen molar-refractivity contribution < 1.29 is 23.9 Å². The van der Waals surface area contributed by atoms with E-state index in [0.29, 0.717) is 36.9 Å². The summed E-state index contributed by atoms with van der Waals surface area (Å²) in [6.07, 6.45) is 7.02. The number of amides is 1. The van der Waals surface area contributed by atoms with Gasteiger partial charge < -0.3 is 24.6 Å². The molecular weight excluding hydrogens is 665 g/mol. The highest BCUT2D eigenvalue weighted by Gasteiger charge is 2.24. The summed E-state index contributed by atoms with van der Waals surface area (Å²) in [5.41, 5.74) is 4.86. The van der Waals surface area contributed by atoms with Crippen molar-refractivity contribution in [1.82, 2.24) is 20.1 Å². The zero-order valence-corrected chi connectivity index (χ0v) is 31.8. The molecular formula is C44H56N4O5. The third kappa shape index (κ3) is 12.2. The number of piperazine rings is 1. The topological polar surface area (TPSA) is 101 Å². The van der Waals surface area contributed by atoms with Crippen LogP contribution in [0.2, 0.25) is 0 Å². The van der Waals surface area contributed by atoms with Crippen LogP contribution in [-0.4, -0.2) is 85.4 Å². The number of fused-ring (bicyclic) bond motifs is 1. The maximum Gasteiger partial charge on any atom is 0.306 e. The fraction of sp³-hybridized carbons (Fsp3) is 0.455. The normalized spacial score (nSPS) is 14.2. The number of nitrogens with zero attached hydrogens (tertiary/aromatic N) is 3. The van der Waals surface area contributed by atoms with Crippen molar-refractivity contribution in [3.05, 3.63) is 95.6 Å². The summed E-state index contributed by atoms with van der Waals surface area (Å²) in [4.78, 5) is 50.4. The highest BCUT2D eigenvalue weighted by Crippen LogP contribution is 2.28. The Morgan fingerprint density at radius 1 is 0.830 bits per heavy atom. The Kier molecular flexibility index (Phi) is 15.4. The van der Waals surface area contributed by atoms with Gasteiger partial charge >= 0.3 is 5.97 Å². The van der Waals surface area contributed by atoms with Gasteiger partial charge in [-0.15, -0.1) is 0 Å². The summed E-state index contributed by atoms with van der Waals surface area (Å²) >= 11 is 0. The number of aryl methyl sites for hydroxylation is 1. The molecule has 0 radical (unpaired) electrons. The van der Waals surface area contributed by atoms with Gasteiger partial charge in [-0.3, -0.25) is 14.4 Å². The largest absolute Gasteiger partial charge is 0.497 e. The number of rotatable bonds is 20. The van der Waals surface area contributed by atoms with Gasteiger partial charge in [-0.25, -0.2) is 4.98 Å². The molecule has 5 rings (SSSR count). The van der Waals surface area contributed by atoms with E-state index in [1.54, 1.807) is 7.11 Å². The Morgan fingerprint density at radius 2 is 1.58 bits per heavy atom. The average Bonchev–Trinajstić information content (AvgIpc) is 3.19. The van der Waals surface area contributed by atoms with Gasteiger partial charge in [0.05, 0.1) is 29.9 Å². The van der Waals surface area contributed by atoms with E-state index in [4.69, 9.17) is 14.5 Å². The number of methoxy groups -OCH3 is 1. The van der Waals surface area contributed by atoms with Crippen LogP contribution < -0.4 is 10.1 Å². The predicted molar refractivity (Wildman–Crippen MR) is 211 cm³/mol. The number of aromatic nitrogens is 1. The van der Waals surface area contributed by atoms with Crippen LogP contribution in [0.1, 0.15) is 86.2 Å². The number of hydrogen-bond acceptors (Lipinski definition) is 8. The summed E-state index contributed by atoms with van der Waals surface area (Å²) in [5, 5.41) is 3.92. The van der Waals surface area contributed by atoms with Crippen molar-refractivity contribution in [2.75, 3.05) is 46.9 Å². The number of unbranched alkanes of at least 4 members (excludes halogenated alkanes) is 3. The number of esters is 1. The highest BCUT2D eigenvalue weighted by atomic mass is 16.5. The van der Waals surface area contributed by atoms with Crippen LogP contribution in [-0.2, 0) is 27.4 Å². The molecule has 0 aliphatic carbocycles. The second kappa shape index (κ2) is 20.6. The van der Waals surface area contributed by atoms with Gasteiger partial charge in [0.2, 0.25) is 0 Å². The Morgan fingerprint density at radius 3 is 2.32 bits per heavy atom. The fourth-order valence-corrected chi connectivity index (χ4v) is 6.76. The molecule has 1 atom stereocenters. The Labute approximate surface area is 315 Å². The van der Waals surface area contributed by atoms with Crippen molar-refractivity contribution in [2.24, 2.45) is 0 Å². The first-order valence-corrected chi connectivity index (χ1v) is 19.3. The molecule has 1 aliphatic rings. The number of carbonyl (C=O) groups is 3. The third-order valence-electron chi connectivity index (χ3n) is 10.1. The van der Waals surface area contributed by atoms with Crippen molar-refractivity contribution in [1.29, 1.82) is 0 Å². The number of hydrogen-bond donors (Lipinski definition) is 1. The van der Waals surface area contributed by atoms with E-state index >= 15 is 0 Å². The molecule has 4 aromatic rings. The van der Waals surface area contributed by atoms with Crippen molar-refractivity contribution in [3.8, 4) is 17.0 Å². The Balaban J connectivity index is 1.30. The minimum atomic E-state index is -0.664. The second-order valence-corrected chi connectivity index (χ2v) is 14.2. The van der Waals surface area contributed by atoms with Gasteiger partial charge in [0.1, 0.15) is 12.4 Å². The molecule has 53 heavy (non-hydrogen) atoms. The monoisotopic (exact) mass is 720 g/mol. The second-order valence-electron chi connectivity index (χ2n) is 14.2. The molecule has 1 aliphatic heterocycles. The summed E-state index contributed by atoms with van der Waals surface area (Å²) < 4.78 is 10.8. The van der Waals surface area contributed by atoms with Crippen LogP contribution in [0.15, 0.2) is 78.9 Å². The van der Waals surface area contributed by atoms with Crippen LogP contribution in [0.25, 0.3) is 22.2 Å². The van der Waals surface area contributed by atoms with Gasteiger partial charge in [-0.1, -0.05) is 56.2 Å². The van der Waals surface area contributed by atoms with Gasteiger partial charge in [-0.2, -0.15) is 0 Å². The third-order valence-corrected chi connectivity index (χ3v) is 10.1. The number of ketones is 1.